The predicted octanol–water partition coefficient (Wildman–Crippen LogP) is 4.84. The molecule has 0 aliphatic carbocycles. The molecule has 0 saturated carbocycles. The summed E-state index contributed by atoms with van der Waals surface area (Å²) in [6.45, 7) is 3.99. The lowest BCUT2D eigenvalue weighted by Gasteiger charge is -2.12. The quantitative estimate of drug-likeness (QED) is 0.687. The molecule has 1 heterocycles. The van der Waals surface area contributed by atoms with Gasteiger partial charge in [-0.05, 0) is 59.9 Å². The summed E-state index contributed by atoms with van der Waals surface area (Å²) >= 11 is 0. The number of benzene rings is 2. The van der Waals surface area contributed by atoms with E-state index in [1.54, 1.807) is 19.4 Å². The second kappa shape index (κ2) is 6.37. The van der Waals surface area contributed by atoms with Crippen LogP contribution in [0.3, 0.4) is 0 Å². The van der Waals surface area contributed by atoms with Gasteiger partial charge in [0.05, 0.1) is 12.6 Å². The van der Waals surface area contributed by atoms with Gasteiger partial charge >= 0.3 is 0 Å². The highest BCUT2D eigenvalue weighted by Crippen LogP contribution is 2.29. The van der Waals surface area contributed by atoms with Gasteiger partial charge in [0, 0.05) is 18.0 Å². The van der Waals surface area contributed by atoms with Gasteiger partial charge in [-0.25, -0.2) is 4.39 Å². The molecule has 3 heteroatoms. The molecule has 0 saturated heterocycles. The average Bonchev–Trinajstić information content (AvgIpc) is 2.56. The van der Waals surface area contributed by atoms with Crippen molar-refractivity contribution in [3.05, 3.63) is 70.7 Å². The molecule has 0 aliphatic heterocycles. The molecule has 3 aromatic rings. The molecule has 23 heavy (non-hydrogen) atoms. The smallest absolute Gasteiger partial charge is 0.126 e. The highest BCUT2D eigenvalue weighted by molar-refractivity contribution is 5.85. The van der Waals surface area contributed by atoms with Crippen LogP contribution in [0.1, 0.15) is 29.2 Å². The Bertz CT molecular complexity index is 858. The van der Waals surface area contributed by atoms with E-state index in [4.69, 9.17) is 4.74 Å². The number of fused-ring (bicyclic) bond motifs is 1. The number of methoxy groups -OCH3 is 1. The molecule has 0 bridgehead atoms. The Labute approximate surface area is 135 Å². The summed E-state index contributed by atoms with van der Waals surface area (Å²) in [6.07, 6.45) is 3.22. The van der Waals surface area contributed by atoms with Crippen molar-refractivity contribution in [2.24, 2.45) is 0 Å². The van der Waals surface area contributed by atoms with E-state index in [2.05, 4.69) is 18.0 Å². The van der Waals surface area contributed by atoms with Crippen LogP contribution in [-0.2, 0) is 12.8 Å². The molecule has 0 atom stereocenters. The normalized spacial score (nSPS) is 11.0. The Morgan fingerprint density at radius 2 is 1.87 bits per heavy atom. The third kappa shape index (κ3) is 3.04. The molecule has 0 radical (unpaired) electrons. The fourth-order valence-electron chi connectivity index (χ4n) is 2.89. The summed E-state index contributed by atoms with van der Waals surface area (Å²) in [5.41, 5.74) is 4.74. The van der Waals surface area contributed by atoms with Crippen molar-refractivity contribution in [3.8, 4) is 5.75 Å². The first-order valence-corrected chi connectivity index (χ1v) is 7.82. The summed E-state index contributed by atoms with van der Waals surface area (Å²) in [5, 5.41) is 1.02. The van der Waals surface area contributed by atoms with Crippen molar-refractivity contribution >= 4 is 10.9 Å². The molecule has 0 N–H and O–H groups in total. The number of nitrogens with zero attached hydrogens (tertiary/aromatic N) is 1. The van der Waals surface area contributed by atoms with Gasteiger partial charge in [0.1, 0.15) is 11.6 Å². The molecule has 2 aromatic carbocycles. The van der Waals surface area contributed by atoms with Crippen molar-refractivity contribution in [1.29, 1.82) is 0 Å². The molecular formula is C20H20FNO. The van der Waals surface area contributed by atoms with Gasteiger partial charge in [0.15, 0.2) is 0 Å². The van der Waals surface area contributed by atoms with Crippen LogP contribution in [0.15, 0.2) is 42.6 Å². The van der Waals surface area contributed by atoms with Crippen LogP contribution in [0.4, 0.5) is 4.39 Å². The van der Waals surface area contributed by atoms with Crippen molar-refractivity contribution in [3.63, 3.8) is 0 Å². The number of aryl methyl sites for hydroxylation is 2. The van der Waals surface area contributed by atoms with Crippen molar-refractivity contribution in [1.82, 2.24) is 4.98 Å². The SMILES string of the molecule is CCc1cc2nccc(Cc3ccc(C)cc3F)c2cc1OC. The maximum Gasteiger partial charge on any atom is 0.126 e. The second-order valence-corrected chi connectivity index (χ2v) is 5.78. The van der Waals surface area contributed by atoms with Crippen LogP contribution in [0.2, 0.25) is 0 Å². The minimum Gasteiger partial charge on any atom is -0.496 e. The van der Waals surface area contributed by atoms with E-state index in [9.17, 15) is 4.39 Å². The lowest BCUT2D eigenvalue weighted by atomic mass is 9.98. The van der Waals surface area contributed by atoms with Gasteiger partial charge in [0.2, 0.25) is 0 Å². The summed E-state index contributed by atoms with van der Waals surface area (Å²) in [4.78, 5) is 4.45. The van der Waals surface area contributed by atoms with Crippen LogP contribution in [0.25, 0.3) is 10.9 Å². The van der Waals surface area contributed by atoms with Gasteiger partial charge in [-0.15, -0.1) is 0 Å². The van der Waals surface area contributed by atoms with E-state index in [-0.39, 0.29) is 5.82 Å². The minimum atomic E-state index is -0.160. The lowest BCUT2D eigenvalue weighted by Crippen LogP contribution is -1.97. The van der Waals surface area contributed by atoms with Crippen molar-refractivity contribution in [2.45, 2.75) is 26.7 Å². The molecular weight excluding hydrogens is 289 g/mol. The Morgan fingerprint density at radius 1 is 1.04 bits per heavy atom. The van der Waals surface area contributed by atoms with E-state index >= 15 is 0 Å². The molecule has 2 nitrogen and oxygen atoms in total. The first-order valence-electron chi connectivity index (χ1n) is 7.82. The Morgan fingerprint density at radius 3 is 2.57 bits per heavy atom. The van der Waals surface area contributed by atoms with E-state index in [1.807, 2.05) is 31.2 Å². The molecule has 1 aromatic heterocycles. The van der Waals surface area contributed by atoms with E-state index in [0.717, 1.165) is 39.8 Å². The summed E-state index contributed by atoms with van der Waals surface area (Å²) in [7, 11) is 1.68. The first kappa shape index (κ1) is 15.5. The van der Waals surface area contributed by atoms with Gasteiger partial charge in [-0.2, -0.15) is 0 Å². The molecule has 0 spiro atoms. The van der Waals surface area contributed by atoms with Crippen LogP contribution in [-0.4, -0.2) is 12.1 Å². The van der Waals surface area contributed by atoms with Crippen LogP contribution < -0.4 is 4.74 Å². The molecule has 0 fully saturated rings. The van der Waals surface area contributed by atoms with E-state index < -0.39 is 0 Å². The first-order chi connectivity index (χ1) is 11.1. The molecule has 0 amide bonds. The average molecular weight is 309 g/mol. The molecule has 0 aliphatic rings. The molecule has 0 unspecified atom stereocenters. The Kier molecular flexibility index (Phi) is 4.28. The topological polar surface area (TPSA) is 22.1 Å². The van der Waals surface area contributed by atoms with Crippen LogP contribution in [0.5, 0.6) is 5.75 Å². The van der Waals surface area contributed by atoms with Crippen molar-refractivity contribution < 1.29 is 9.13 Å². The van der Waals surface area contributed by atoms with E-state index in [1.165, 1.54) is 0 Å². The zero-order chi connectivity index (χ0) is 16.4. The van der Waals surface area contributed by atoms with Gasteiger partial charge in [-0.3, -0.25) is 4.98 Å². The molecule has 118 valence electrons. The van der Waals surface area contributed by atoms with Crippen LogP contribution in [0, 0.1) is 12.7 Å². The number of hydrogen-bond acceptors (Lipinski definition) is 2. The minimum absolute atomic E-state index is 0.160. The lowest BCUT2D eigenvalue weighted by molar-refractivity contribution is 0.411. The highest BCUT2D eigenvalue weighted by Gasteiger charge is 2.10. The molecule has 3 rings (SSSR count). The standard InChI is InChI=1S/C20H20FNO/c1-4-14-11-19-17(12-20(14)23-3)15(7-8-22-19)10-16-6-5-13(2)9-18(16)21/h5-9,11-12H,4,10H2,1-3H3. The third-order valence-electron chi connectivity index (χ3n) is 4.20. The number of hydrogen-bond donors (Lipinski definition) is 0. The Hall–Kier alpha value is -2.42. The van der Waals surface area contributed by atoms with Gasteiger partial charge in [-0.1, -0.05) is 19.1 Å². The number of halogens is 1. The summed E-state index contributed by atoms with van der Waals surface area (Å²) in [5.74, 6) is 0.700. The number of rotatable bonds is 4. The van der Waals surface area contributed by atoms with Gasteiger partial charge in [0.25, 0.3) is 0 Å². The number of pyridine rings is 1. The monoisotopic (exact) mass is 309 g/mol. The maximum atomic E-state index is 14.2. The van der Waals surface area contributed by atoms with E-state index in [0.29, 0.717) is 12.0 Å². The zero-order valence-electron chi connectivity index (χ0n) is 13.7. The number of aromatic nitrogens is 1. The summed E-state index contributed by atoms with van der Waals surface area (Å²) in [6, 6.07) is 11.4. The zero-order valence-corrected chi connectivity index (χ0v) is 13.7. The van der Waals surface area contributed by atoms with Gasteiger partial charge < -0.3 is 4.74 Å². The predicted molar refractivity (Wildman–Crippen MR) is 91.6 cm³/mol. The number of ether oxygens (including phenoxy) is 1. The fraction of sp³-hybridized carbons (Fsp3) is 0.250. The van der Waals surface area contributed by atoms with Crippen LogP contribution >= 0.6 is 0 Å². The third-order valence-corrected chi connectivity index (χ3v) is 4.20. The largest absolute Gasteiger partial charge is 0.496 e. The maximum absolute atomic E-state index is 14.2. The Balaban J connectivity index is 2.10. The van der Waals surface area contributed by atoms with Crippen molar-refractivity contribution in [2.75, 3.05) is 7.11 Å². The highest BCUT2D eigenvalue weighted by atomic mass is 19.1. The summed E-state index contributed by atoms with van der Waals surface area (Å²) < 4.78 is 19.6. The second-order valence-electron chi connectivity index (χ2n) is 5.78. The fourth-order valence-corrected chi connectivity index (χ4v) is 2.89.